The second-order valence-corrected chi connectivity index (χ2v) is 8.27. The van der Waals surface area contributed by atoms with Crippen LogP contribution in [0, 0.1) is 12.3 Å². The molecule has 0 spiro atoms. The summed E-state index contributed by atoms with van der Waals surface area (Å²) in [5.74, 6) is -1.14. The van der Waals surface area contributed by atoms with E-state index in [2.05, 4.69) is 4.98 Å². The first-order valence-electron chi connectivity index (χ1n) is 7.27. The van der Waals surface area contributed by atoms with E-state index < -0.39 is 11.4 Å². The van der Waals surface area contributed by atoms with Crippen molar-refractivity contribution in [2.24, 2.45) is 5.41 Å². The number of hydrogen-bond donors (Lipinski definition) is 1. The monoisotopic (exact) mass is 385 g/mol. The third-order valence-corrected chi connectivity index (χ3v) is 5.23. The summed E-state index contributed by atoms with van der Waals surface area (Å²) in [6, 6.07) is 5.18. The van der Waals surface area contributed by atoms with Crippen LogP contribution >= 0.6 is 34.5 Å². The van der Waals surface area contributed by atoms with Crippen LogP contribution in [0.4, 0.5) is 0 Å². The second kappa shape index (κ2) is 7.21. The van der Waals surface area contributed by atoms with E-state index >= 15 is 0 Å². The zero-order chi connectivity index (χ0) is 18.1. The average molecular weight is 386 g/mol. The van der Waals surface area contributed by atoms with Gasteiger partial charge in [-0.1, -0.05) is 23.2 Å². The SMILES string of the molecule is Cc1sc(-c2ccc(Cl)cc2Cl)nc1CC(=O)CC(C)(C)C(=O)O. The van der Waals surface area contributed by atoms with Crippen molar-refractivity contribution in [2.45, 2.75) is 33.6 Å². The molecular weight excluding hydrogens is 369 g/mol. The molecule has 0 radical (unpaired) electrons. The predicted octanol–water partition coefficient (Wildman–Crippen LogP) is 5.04. The number of carboxylic acid groups (broad SMARTS) is 1. The van der Waals surface area contributed by atoms with Gasteiger partial charge in [-0.3, -0.25) is 9.59 Å². The lowest BCUT2D eigenvalue weighted by atomic mass is 9.86. The van der Waals surface area contributed by atoms with Gasteiger partial charge in [0.05, 0.1) is 16.1 Å². The fourth-order valence-electron chi connectivity index (χ4n) is 2.19. The molecule has 0 aliphatic heterocycles. The Morgan fingerprint density at radius 1 is 1.29 bits per heavy atom. The Morgan fingerprint density at radius 3 is 2.54 bits per heavy atom. The lowest BCUT2D eigenvalue weighted by molar-refractivity contribution is -0.149. The van der Waals surface area contributed by atoms with Crippen LogP contribution in [-0.2, 0) is 16.0 Å². The van der Waals surface area contributed by atoms with Crippen molar-refractivity contribution in [1.82, 2.24) is 4.98 Å². The minimum absolute atomic E-state index is 0.0314. The molecule has 0 unspecified atom stereocenters. The molecule has 2 rings (SSSR count). The number of hydrogen-bond acceptors (Lipinski definition) is 4. The lowest BCUT2D eigenvalue weighted by Gasteiger charge is -2.17. The van der Waals surface area contributed by atoms with E-state index in [9.17, 15) is 9.59 Å². The number of aryl methyl sites for hydroxylation is 1. The van der Waals surface area contributed by atoms with Gasteiger partial charge < -0.3 is 5.11 Å². The van der Waals surface area contributed by atoms with Crippen molar-refractivity contribution in [3.8, 4) is 10.6 Å². The van der Waals surface area contributed by atoms with Crippen molar-refractivity contribution in [3.63, 3.8) is 0 Å². The Hall–Kier alpha value is -1.43. The molecular formula is C17H17Cl2NO3S. The molecule has 4 nitrogen and oxygen atoms in total. The van der Waals surface area contributed by atoms with Gasteiger partial charge in [0.2, 0.25) is 0 Å². The molecule has 2 aromatic rings. The van der Waals surface area contributed by atoms with Crippen LogP contribution in [0.2, 0.25) is 10.0 Å². The molecule has 1 N–H and O–H groups in total. The molecule has 1 aromatic heterocycles. The maximum Gasteiger partial charge on any atom is 0.309 e. The third-order valence-electron chi connectivity index (χ3n) is 3.64. The fourth-order valence-corrected chi connectivity index (χ4v) is 3.71. The highest BCUT2D eigenvalue weighted by Crippen LogP contribution is 2.34. The van der Waals surface area contributed by atoms with Gasteiger partial charge in [-0.2, -0.15) is 0 Å². The second-order valence-electron chi connectivity index (χ2n) is 6.23. The van der Waals surface area contributed by atoms with E-state index in [4.69, 9.17) is 28.3 Å². The number of ketones is 1. The van der Waals surface area contributed by atoms with Gasteiger partial charge in [0.1, 0.15) is 10.8 Å². The van der Waals surface area contributed by atoms with Gasteiger partial charge in [-0.25, -0.2) is 4.98 Å². The quantitative estimate of drug-likeness (QED) is 0.756. The zero-order valence-electron chi connectivity index (χ0n) is 13.5. The van der Waals surface area contributed by atoms with Crippen molar-refractivity contribution in [1.29, 1.82) is 0 Å². The van der Waals surface area contributed by atoms with Crippen LogP contribution in [0.3, 0.4) is 0 Å². The summed E-state index contributed by atoms with van der Waals surface area (Å²) >= 11 is 13.6. The van der Waals surface area contributed by atoms with Crippen LogP contribution in [0.15, 0.2) is 18.2 Å². The van der Waals surface area contributed by atoms with E-state index in [0.29, 0.717) is 15.7 Å². The summed E-state index contributed by atoms with van der Waals surface area (Å²) in [4.78, 5) is 28.8. The summed E-state index contributed by atoms with van der Waals surface area (Å²) in [5.41, 5.74) is 0.342. The molecule has 0 saturated heterocycles. The number of thiazole rings is 1. The smallest absolute Gasteiger partial charge is 0.309 e. The minimum Gasteiger partial charge on any atom is -0.481 e. The average Bonchev–Trinajstić information content (AvgIpc) is 2.78. The molecule has 1 aromatic carbocycles. The molecule has 0 fully saturated rings. The van der Waals surface area contributed by atoms with Crippen molar-refractivity contribution >= 4 is 46.3 Å². The standard InChI is InChI=1S/C17H17Cl2NO3S/c1-9-14(7-11(21)8-17(2,3)16(22)23)20-15(24-9)12-5-4-10(18)6-13(12)19/h4-6H,7-8H2,1-3H3,(H,22,23). The zero-order valence-corrected chi connectivity index (χ0v) is 15.8. The van der Waals surface area contributed by atoms with Crippen LogP contribution in [0.25, 0.3) is 10.6 Å². The van der Waals surface area contributed by atoms with Gasteiger partial charge in [0.15, 0.2) is 0 Å². The number of carbonyl (C=O) groups excluding carboxylic acids is 1. The maximum absolute atomic E-state index is 12.2. The van der Waals surface area contributed by atoms with E-state index in [1.165, 1.54) is 11.3 Å². The molecule has 0 aliphatic carbocycles. The number of rotatable bonds is 6. The van der Waals surface area contributed by atoms with Crippen LogP contribution in [0.1, 0.15) is 30.8 Å². The molecule has 0 aliphatic rings. The number of aliphatic carboxylic acids is 1. The van der Waals surface area contributed by atoms with Crippen LogP contribution in [-0.4, -0.2) is 21.8 Å². The minimum atomic E-state index is -1.08. The summed E-state index contributed by atoms with van der Waals surface area (Å²) in [6.45, 7) is 4.97. The van der Waals surface area contributed by atoms with Crippen molar-refractivity contribution in [2.75, 3.05) is 0 Å². The summed E-state index contributed by atoms with van der Waals surface area (Å²) in [7, 11) is 0. The normalized spacial score (nSPS) is 11.5. The predicted molar refractivity (Wildman–Crippen MR) is 97.1 cm³/mol. The molecule has 0 amide bonds. The molecule has 1 heterocycles. The Kier molecular flexibility index (Phi) is 5.68. The summed E-state index contributed by atoms with van der Waals surface area (Å²) in [5, 5.41) is 10.9. The Balaban J connectivity index is 2.20. The highest BCUT2D eigenvalue weighted by Gasteiger charge is 2.30. The van der Waals surface area contributed by atoms with Crippen molar-refractivity contribution in [3.05, 3.63) is 38.8 Å². The number of halogens is 2. The Morgan fingerprint density at radius 2 is 1.96 bits per heavy atom. The number of Topliss-reactive ketones (excluding diaryl/α,β-unsaturated/α-hetero) is 1. The van der Waals surface area contributed by atoms with E-state index in [0.717, 1.165) is 15.4 Å². The lowest BCUT2D eigenvalue weighted by Crippen LogP contribution is -2.27. The Bertz CT molecular complexity index is 799. The Labute approximate surface area is 154 Å². The highest BCUT2D eigenvalue weighted by atomic mass is 35.5. The molecule has 7 heteroatoms. The number of carboxylic acids is 1. The number of benzene rings is 1. The van der Waals surface area contributed by atoms with Gasteiger partial charge in [0, 0.05) is 28.3 Å². The molecule has 0 atom stereocenters. The van der Waals surface area contributed by atoms with Gasteiger partial charge in [-0.15, -0.1) is 11.3 Å². The number of carbonyl (C=O) groups is 2. The van der Waals surface area contributed by atoms with Crippen molar-refractivity contribution < 1.29 is 14.7 Å². The summed E-state index contributed by atoms with van der Waals surface area (Å²) < 4.78 is 0. The molecule has 128 valence electrons. The fraction of sp³-hybridized carbons (Fsp3) is 0.353. The highest BCUT2D eigenvalue weighted by molar-refractivity contribution is 7.15. The largest absolute Gasteiger partial charge is 0.481 e. The van der Waals surface area contributed by atoms with Gasteiger partial charge in [0.25, 0.3) is 0 Å². The molecule has 0 bridgehead atoms. The number of aromatic nitrogens is 1. The third kappa shape index (κ3) is 4.35. The van der Waals surface area contributed by atoms with Crippen LogP contribution < -0.4 is 0 Å². The topological polar surface area (TPSA) is 67.3 Å². The summed E-state index contributed by atoms with van der Waals surface area (Å²) in [6.07, 6.45) is 0.0839. The van der Waals surface area contributed by atoms with Gasteiger partial charge >= 0.3 is 5.97 Å². The van der Waals surface area contributed by atoms with E-state index in [-0.39, 0.29) is 18.6 Å². The molecule has 0 saturated carbocycles. The molecule has 24 heavy (non-hydrogen) atoms. The first-order chi connectivity index (χ1) is 11.1. The van der Waals surface area contributed by atoms with Crippen LogP contribution in [0.5, 0.6) is 0 Å². The van der Waals surface area contributed by atoms with E-state index in [1.807, 2.05) is 6.92 Å². The maximum atomic E-state index is 12.2. The van der Waals surface area contributed by atoms with Gasteiger partial charge in [-0.05, 0) is 39.0 Å². The first-order valence-corrected chi connectivity index (χ1v) is 8.84. The first kappa shape index (κ1) is 18.9. The number of nitrogens with zero attached hydrogens (tertiary/aromatic N) is 1. The van der Waals surface area contributed by atoms with E-state index in [1.54, 1.807) is 32.0 Å².